The van der Waals surface area contributed by atoms with Gasteiger partial charge in [-0.3, -0.25) is 4.90 Å². The summed E-state index contributed by atoms with van der Waals surface area (Å²) in [5.74, 6) is 1.16. The number of thiazole rings is 1. The highest BCUT2D eigenvalue weighted by Crippen LogP contribution is 2.34. The van der Waals surface area contributed by atoms with Crippen LogP contribution >= 0.6 is 11.3 Å². The highest BCUT2D eigenvalue weighted by atomic mass is 32.1. The van der Waals surface area contributed by atoms with Gasteiger partial charge in [0, 0.05) is 30.0 Å². The smallest absolute Gasteiger partial charge is 0.233 e. The van der Waals surface area contributed by atoms with Crippen LogP contribution < -0.4 is 4.74 Å². The van der Waals surface area contributed by atoms with E-state index in [-0.39, 0.29) is 0 Å². The van der Waals surface area contributed by atoms with Crippen LogP contribution in [0.5, 0.6) is 5.88 Å². The summed E-state index contributed by atoms with van der Waals surface area (Å²) in [6.07, 6.45) is 7.56. The minimum absolute atomic E-state index is 0.573. The molecule has 0 N–H and O–H groups in total. The summed E-state index contributed by atoms with van der Waals surface area (Å²) < 4.78 is 5.08. The fourth-order valence-corrected chi connectivity index (χ4v) is 5.00. The van der Waals surface area contributed by atoms with Crippen molar-refractivity contribution in [2.24, 2.45) is 0 Å². The zero-order valence-electron chi connectivity index (χ0n) is 14.2. The van der Waals surface area contributed by atoms with Gasteiger partial charge in [-0.05, 0) is 51.1 Å². The molecule has 1 saturated heterocycles. The van der Waals surface area contributed by atoms with Gasteiger partial charge in [0.2, 0.25) is 5.88 Å². The van der Waals surface area contributed by atoms with Crippen LogP contribution in [0, 0.1) is 0 Å². The van der Waals surface area contributed by atoms with E-state index in [1.165, 1.54) is 49.2 Å². The van der Waals surface area contributed by atoms with E-state index in [9.17, 15) is 0 Å². The van der Waals surface area contributed by atoms with Gasteiger partial charge in [-0.1, -0.05) is 0 Å². The van der Waals surface area contributed by atoms with Crippen molar-refractivity contribution in [1.29, 1.82) is 0 Å². The molecule has 0 bridgehead atoms. The molecule has 1 aliphatic carbocycles. The molecule has 0 spiro atoms. The lowest BCUT2D eigenvalue weighted by Gasteiger charge is -2.31. The number of aryl methyl sites for hydroxylation is 2. The Balaban J connectivity index is 1.42. The van der Waals surface area contributed by atoms with Crippen LogP contribution in [0.15, 0.2) is 12.1 Å². The normalized spacial score (nSPS) is 21.5. The molecule has 1 atom stereocenters. The van der Waals surface area contributed by atoms with E-state index in [1.54, 1.807) is 12.0 Å². The predicted molar refractivity (Wildman–Crippen MR) is 94.6 cm³/mol. The van der Waals surface area contributed by atoms with Gasteiger partial charge in [-0.2, -0.15) is 5.10 Å². The minimum Gasteiger partial charge on any atom is -0.480 e. The summed E-state index contributed by atoms with van der Waals surface area (Å²) >= 11 is 1.97. The molecule has 0 radical (unpaired) electrons. The molecule has 128 valence electrons. The molecule has 3 heterocycles. The molecule has 0 saturated carbocycles. The minimum atomic E-state index is 0.573. The number of rotatable bonds is 4. The maximum atomic E-state index is 5.08. The van der Waals surface area contributed by atoms with E-state index >= 15 is 0 Å². The molecule has 2 aromatic rings. The Kier molecular flexibility index (Phi) is 4.76. The molecule has 1 aliphatic heterocycles. The summed E-state index contributed by atoms with van der Waals surface area (Å²) in [5, 5.41) is 9.71. The first-order chi connectivity index (χ1) is 11.8. The second kappa shape index (κ2) is 7.15. The Hall–Kier alpha value is -1.53. The molecule has 24 heavy (non-hydrogen) atoms. The third-order valence-corrected chi connectivity index (χ3v) is 6.33. The molecule has 6 heteroatoms. The van der Waals surface area contributed by atoms with Crippen LogP contribution in [-0.2, 0) is 19.4 Å². The molecule has 1 fully saturated rings. The Labute approximate surface area is 147 Å². The zero-order chi connectivity index (χ0) is 16.4. The molecule has 0 amide bonds. The summed E-state index contributed by atoms with van der Waals surface area (Å²) in [6, 6.07) is 3.90. The van der Waals surface area contributed by atoms with Crippen molar-refractivity contribution in [2.45, 2.75) is 51.0 Å². The van der Waals surface area contributed by atoms with Gasteiger partial charge in [0.15, 0.2) is 0 Å². The molecule has 2 aliphatic rings. The van der Waals surface area contributed by atoms with Gasteiger partial charge < -0.3 is 4.74 Å². The van der Waals surface area contributed by atoms with Crippen LogP contribution in [0.2, 0.25) is 0 Å². The lowest BCUT2D eigenvalue weighted by molar-refractivity contribution is 0.197. The van der Waals surface area contributed by atoms with E-state index in [0.29, 0.717) is 11.8 Å². The van der Waals surface area contributed by atoms with Crippen molar-refractivity contribution in [2.75, 3.05) is 20.2 Å². The number of ether oxygens (including phenoxy) is 1. The molecule has 1 unspecified atom stereocenters. The van der Waals surface area contributed by atoms with Crippen molar-refractivity contribution < 1.29 is 4.74 Å². The number of aromatic nitrogens is 3. The second-order valence-electron chi connectivity index (χ2n) is 6.77. The summed E-state index contributed by atoms with van der Waals surface area (Å²) in [4.78, 5) is 9.03. The fourth-order valence-electron chi connectivity index (χ4n) is 3.72. The number of hydrogen-bond donors (Lipinski definition) is 0. The highest BCUT2D eigenvalue weighted by Gasteiger charge is 2.26. The Morgan fingerprint density at radius 2 is 2.12 bits per heavy atom. The number of likely N-dealkylation sites (tertiary alicyclic amines) is 1. The Morgan fingerprint density at radius 1 is 1.21 bits per heavy atom. The highest BCUT2D eigenvalue weighted by molar-refractivity contribution is 7.11. The Morgan fingerprint density at radius 3 is 2.92 bits per heavy atom. The maximum absolute atomic E-state index is 5.08. The molecule has 4 rings (SSSR count). The molecule has 0 aromatic carbocycles. The number of nitrogens with zero attached hydrogens (tertiary/aromatic N) is 4. The van der Waals surface area contributed by atoms with Gasteiger partial charge in [-0.25, -0.2) is 4.98 Å². The summed E-state index contributed by atoms with van der Waals surface area (Å²) in [7, 11) is 1.62. The van der Waals surface area contributed by atoms with Gasteiger partial charge in [0.05, 0.1) is 23.5 Å². The third-order valence-electron chi connectivity index (χ3n) is 5.01. The first-order valence-electron chi connectivity index (χ1n) is 8.89. The molecular formula is C18H24N4OS. The van der Waals surface area contributed by atoms with Crippen molar-refractivity contribution in [1.82, 2.24) is 20.1 Å². The average molecular weight is 344 g/mol. The number of hydrogen-bond acceptors (Lipinski definition) is 6. The van der Waals surface area contributed by atoms with Gasteiger partial charge >= 0.3 is 0 Å². The third kappa shape index (κ3) is 3.44. The predicted octanol–water partition coefficient (Wildman–Crippen LogP) is 3.20. The van der Waals surface area contributed by atoms with Gasteiger partial charge in [0.1, 0.15) is 0 Å². The van der Waals surface area contributed by atoms with Crippen molar-refractivity contribution in [3.63, 3.8) is 0 Å². The standard InChI is InChI=1S/C18H24N4OS/c1-23-17-9-8-14(20-21-17)12-22-10-4-5-13(11-22)18-19-15-6-2-3-7-16(15)24-18/h8-9,13H,2-7,10-12H2,1H3. The fraction of sp³-hybridized carbons (Fsp3) is 0.611. The van der Waals surface area contributed by atoms with Crippen LogP contribution in [-0.4, -0.2) is 40.3 Å². The SMILES string of the molecule is COc1ccc(CN2CCCC(c3nc4c(s3)CCCC4)C2)nn1. The van der Waals surface area contributed by atoms with Crippen LogP contribution in [0.3, 0.4) is 0 Å². The molecule has 5 nitrogen and oxygen atoms in total. The van der Waals surface area contributed by atoms with E-state index in [1.807, 2.05) is 23.5 Å². The lowest BCUT2D eigenvalue weighted by Crippen LogP contribution is -2.34. The van der Waals surface area contributed by atoms with Crippen molar-refractivity contribution in [3.8, 4) is 5.88 Å². The zero-order valence-corrected chi connectivity index (χ0v) is 15.0. The van der Waals surface area contributed by atoms with Crippen LogP contribution in [0.1, 0.15) is 52.9 Å². The topological polar surface area (TPSA) is 51.1 Å². The van der Waals surface area contributed by atoms with Crippen LogP contribution in [0.4, 0.5) is 0 Å². The van der Waals surface area contributed by atoms with E-state index in [0.717, 1.165) is 25.3 Å². The molecule has 2 aromatic heterocycles. The Bertz CT molecular complexity index is 661. The maximum Gasteiger partial charge on any atom is 0.233 e. The summed E-state index contributed by atoms with van der Waals surface area (Å²) in [5.41, 5.74) is 2.40. The number of fused-ring (bicyclic) bond motifs is 1. The number of methoxy groups -OCH3 is 1. The monoisotopic (exact) mass is 344 g/mol. The first kappa shape index (κ1) is 16.0. The van der Waals surface area contributed by atoms with Crippen molar-refractivity contribution in [3.05, 3.63) is 33.4 Å². The van der Waals surface area contributed by atoms with Crippen LogP contribution in [0.25, 0.3) is 0 Å². The van der Waals surface area contributed by atoms with Gasteiger partial charge in [-0.15, -0.1) is 16.4 Å². The first-order valence-corrected chi connectivity index (χ1v) is 9.71. The van der Waals surface area contributed by atoms with Gasteiger partial charge in [0.25, 0.3) is 0 Å². The van der Waals surface area contributed by atoms with Crippen molar-refractivity contribution >= 4 is 11.3 Å². The van der Waals surface area contributed by atoms with E-state index in [2.05, 4.69) is 15.1 Å². The summed E-state index contributed by atoms with van der Waals surface area (Å²) in [6.45, 7) is 3.08. The van der Waals surface area contributed by atoms with E-state index in [4.69, 9.17) is 9.72 Å². The largest absolute Gasteiger partial charge is 0.480 e. The quantitative estimate of drug-likeness (QED) is 0.852. The van der Waals surface area contributed by atoms with E-state index < -0.39 is 0 Å². The second-order valence-corrected chi connectivity index (χ2v) is 7.89. The lowest BCUT2D eigenvalue weighted by atomic mass is 9.98. The number of piperidine rings is 1. The molecular weight excluding hydrogens is 320 g/mol. The average Bonchev–Trinajstić information content (AvgIpc) is 3.07.